The van der Waals surface area contributed by atoms with Crippen molar-refractivity contribution in [3.63, 3.8) is 0 Å². The standard InChI is InChI=1S/C9H15NO/c1-3-5-6-8-10-9(11)7-4-2/h7H,2-3,5-6,8H2,1H3,(H,10,11). The minimum atomic E-state index is -0.101. The van der Waals surface area contributed by atoms with Crippen LogP contribution in [-0.2, 0) is 4.79 Å². The zero-order valence-corrected chi connectivity index (χ0v) is 7.02. The largest absolute Gasteiger partial charge is 0.352 e. The molecule has 0 radical (unpaired) electrons. The summed E-state index contributed by atoms with van der Waals surface area (Å²) in [4.78, 5) is 10.7. The monoisotopic (exact) mass is 153 g/mol. The maximum atomic E-state index is 10.7. The third-order valence-electron chi connectivity index (χ3n) is 1.31. The van der Waals surface area contributed by atoms with Gasteiger partial charge in [0, 0.05) is 12.6 Å². The highest BCUT2D eigenvalue weighted by Crippen LogP contribution is 1.90. The van der Waals surface area contributed by atoms with E-state index < -0.39 is 0 Å². The third kappa shape index (κ3) is 6.88. The lowest BCUT2D eigenvalue weighted by Crippen LogP contribution is -2.21. The van der Waals surface area contributed by atoms with Crippen LogP contribution in [0.5, 0.6) is 0 Å². The molecule has 0 aromatic heterocycles. The lowest BCUT2D eigenvalue weighted by atomic mass is 10.2. The van der Waals surface area contributed by atoms with Gasteiger partial charge in [-0.05, 0) is 6.42 Å². The van der Waals surface area contributed by atoms with Gasteiger partial charge in [0.25, 0.3) is 5.91 Å². The third-order valence-corrected chi connectivity index (χ3v) is 1.31. The fourth-order valence-electron chi connectivity index (χ4n) is 0.730. The van der Waals surface area contributed by atoms with E-state index >= 15 is 0 Å². The van der Waals surface area contributed by atoms with Crippen molar-refractivity contribution in [3.8, 4) is 0 Å². The molecule has 2 heteroatoms. The lowest BCUT2D eigenvalue weighted by molar-refractivity contribution is -0.116. The van der Waals surface area contributed by atoms with Gasteiger partial charge < -0.3 is 5.32 Å². The summed E-state index contributed by atoms with van der Waals surface area (Å²) >= 11 is 0. The molecular weight excluding hydrogens is 138 g/mol. The zero-order chi connectivity index (χ0) is 8.53. The Morgan fingerprint density at radius 1 is 1.64 bits per heavy atom. The predicted octanol–water partition coefficient (Wildman–Crippen LogP) is 1.63. The number of unbranched alkanes of at least 4 members (excludes halogenated alkanes) is 2. The quantitative estimate of drug-likeness (QED) is 0.363. The van der Waals surface area contributed by atoms with Crippen LogP contribution in [0.15, 0.2) is 18.4 Å². The topological polar surface area (TPSA) is 29.1 Å². The smallest absolute Gasteiger partial charge is 0.251 e. The van der Waals surface area contributed by atoms with Gasteiger partial charge in [-0.15, -0.1) is 5.73 Å². The Morgan fingerprint density at radius 2 is 2.36 bits per heavy atom. The molecule has 0 aliphatic heterocycles. The first-order valence-corrected chi connectivity index (χ1v) is 3.95. The molecule has 0 spiro atoms. The number of rotatable bonds is 5. The SMILES string of the molecule is C=C=CC(=O)NCCCCC. The summed E-state index contributed by atoms with van der Waals surface area (Å²) in [5, 5.41) is 2.72. The van der Waals surface area contributed by atoms with Crippen molar-refractivity contribution < 1.29 is 4.79 Å². The zero-order valence-electron chi connectivity index (χ0n) is 7.02. The molecule has 0 aromatic rings. The molecule has 2 nitrogen and oxygen atoms in total. The molecule has 1 amide bonds. The van der Waals surface area contributed by atoms with Gasteiger partial charge in [0.1, 0.15) is 0 Å². The number of hydrogen-bond acceptors (Lipinski definition) is 1. The van der Waals surface area contributed by atoms with Crippen molar-refractivity contribution in [1.29, 1.82) is 0 Å². The van der Waals surface area contributed by atoms with E-state index in [0.29, 0.717) is 0 Å². The summed E-state index contributed by atoms with van der Waals surface area (Å²) in [5.74, 6) is -0.101. The molecule has 0 aliphatic rings. The van der Waals surface area contributed by atoms with E-state index in [4.69, 9.17) is 0 Å². The second-order valence-electron chi connectivity index (χ2n) is 2.35. The van der Waals surface area contributed by atoms with E-state index in [1.54, 1.807) is 0 Å². The van der Waals surface area contributed by atoms with Crippen LogP contribution in [0.4, 0.5) is 0 Å². The summed E-state index contributed by atoms with van der Waals surface area (Å²) in [5.41, 5.74) is 2.42. The summed E-state index contributed by atoms with van der Waals surface area (Å²) < 4.78 is 0. The Labute approximate surface area is 68.0 Å². The molecule has 0 atom stereocenters. The van der Waals surface area contributed by atoms with Crippen molar-refractivity contribution in [3.05, 3.63) is 18.4 Å². The van der Waals surface area contributed by atoms with E-state index in [1.807, 2.05) is 0 Å². The minimum absolute atomic E-state index is 0.101. The predicted molar refractivity (Wildman–Crippen MR) is 46.2 cm³/mol. The van der Waals surface area contributed by atoms with Gasteiger partial charge in [-0.3, -0.25) is 4.79 Å². The van der Waals surface area contributed by atoms with Gasteiger partial charge in [-0.1, -0.05) is 26.3 Å². The fraction of sp³-hybridized carbons (Fsp3) is 0.556. The Morgan fingerprint density at radius 3 is 2.91 bits per heavy atom. The molecule has 0 aromatic carbocycles. The van der Waals surface area contributed by atoms with Crippen molar-refractivity contribution >= 4 is 5.91 Å². The summed E-state index contributed by atoms with van der Waals surface area (Å²) in [6, 6.07) is 0. The Bertz CT molecular complexity index is 157. The highest BCUT2D eigenvalue weighted by molar-refractivity contribution is 5.87. The number of amides is 1. The van der Waals surface area contributed by atoms with Crippen molar-refractivity contribution in [2.24, 2.45) is 0 Å². The van der Waals surface area contributed by atoms with E-state index in [-0.39, 0.29) is 5.91 Å². The van der Waals surface area contributed by atoms with Crippen LogP contribution in [0.2, 0.25) is 0 Å². The maximum absolute atomic E-state index is 10.7. The van der Waals surface area contributed by atoms with Crippen LogP contribution >= 0.6 is 0 Å². The number of carbonyl (C=O) groups excluding carboxylic acids is 1. The number of nitrogens with one attached hydrogen (secondary N) is 1. The average Bonchev–Trinajstić information content (AvgIpc) is 1.99. The van der Waals surface area contributed by atoms with Gasteiger partial charge in [-0.25, -0.2) is 0 Å². The molecule has 0 aliphatic carbocycles. The Balaban J connectivity index is 3.24. The van der Waals surface area contributed by atoms with E-state index in [2.05, 4.69) is 24.6 Å². The van der Waals surface area contributed by atoms with Crippen LogP contribution in [0, 0.1) is 0 Å². The Hall–Kier alpha value is -1.01. The number of carbonyl (C=O) groups is 1. The molecule has 1 N–H and O–H groups in total. The van der Waals surface area contributed by atoms with Crippen molar-refractivity contribution in [1.82, 2.24) is 5.32 Å². The van der Waals surface area contributed by atoms with Crippen LogP contribution < -0.4 is 5.32 Å². The second kappa shape index (κ2) is 7.10. The molecule has 0 unspecified atom stereocenters. The van der Waals surface area contributed by atoms with E-state index in [1.165, 1.54) is 12.5 Å². The van der Waals surface area contributed by atoms with Crippen LogP contribution in [-0.4, -0.2) is 12.5 Å². The summed E-state index contributed by atoms with van der Waals surface area (Å²) in [6.07, 6.45) is 4.70. The van der Waals surface area contributed by atoms with Gasteiger partial charge in [-0.2, -0.15) is 0 Å². The minimum Gasteiger partial charge on any atom is -0.352 e. The molecule has 0 rings (SSSR count). The van der Waals surface area contributed by atoms with E-state index in [0.717, 1.165) is 19.4 Å². The summed E-state index contributed by atoms with van der Waals surface area (Å²) in [7, 11) is 0. The molecule has 0 heterocycles. The fourth-order valence-corrected chi connectivity index (χ4v) is 0.730. The molecule has 0 fully saturated rings. The lowest BCUT2D eigenvalue weighted by Gasteiger charge is -1.98. The average molecular weight is 153 g/mol. The normalized spacial score (nSPS) is 8.45. The molecular formula is C9H15NO. The molecule has 0 bridgehead atoms. The molecule has 11 heavy (non-hydrogen) atoms. The second-order valence-corrected chi connectivity index (χ2v) is 2.35. The van der Waals surface area contributed by atoms with Crippen molar-refractivity contribution in [2.45, 2.75) is 26.2 Å². The number of hydrogen-bond donors (Lipinski definition) is 1. The molecule has 0 saturated carbocycles. The van der Waals surface area contributed by atoms with Crippen LogP contribution in [0.3, 0.4) is 0 Å². The first-order chi connectivity index (χ1) is 5.31. The Kier molecular flexibility index (Phi) is 6.45. The first-order valence-electron chi connectivity index (χ1n) is 3.95. The maximum Gasteiger partial charge on any atom is 0.251 e. The van der Waals surface area contributed by atoms with Gasteiger partial charge in [0.2, 0.25) is 0 Å². The van der Waals surface area contributed by atoms with E-state index in [9.17, 15) is 4.79 Å². The van der Waals surface area contributed by atoms with Crippen LogP contribution in [0.25, 0.3) is 0 Å². The summed E-state index contributed by atoms with van der Waals surface area (Å²) in [6.45, 7) is 6.19. The van der Waals surface area contributed by atoms with Crippen LogP contribution in [0.1, 0.15) is 26.2 Å². The van der Waals surface area contributed by atoms with Crippen molar-refractivity contribution in [2.75, 3.05) is 6.54 Å². The molecule has 0 saturated heterocycles. The highest BCUT2D eigenvalue weighted by Gasteiger charge is 1.91. The van der Waals surface area contributed by atoms with Gasteiger partial charge in [0.05, 0.1) is 0 Å². The first kappa shape index (κ1) is 9.99. The van der Waals surface area contributed by atoms with Gasteiger partial charge >= 0.3 is 0 Å². The highest BCUT2D eigenvalue weighted by atomic mass is 16.1. The molecule has 62 valence electrons. The van der Waals surface area contributed by atoms with Gasteiger partial charge in [0.15, 0.2) is 0 Å².